The number of rotatable bonds is 6. The van der Waals surface area contributed by atoms with Gasteiger partial charge in [-0.3, -0.25) is 0 Å². The molecule has 0 saturated heterocycles. The summed E-state index contributed by atoms with van der Waals surface area (Å²) in [4.78, 5) is 0. The SMILES string of the molecule is CCOCC(C)Nc1ccc(N)cc1C(F)F. The van der Waals surface area contributed by atoms with Crippen molar-refractivity contribution in [3.63, 3.8) is 0 Å². The molecule has 1 atom stereocenters. The van der Waals surface area contributed by atoms with Gasteiger partial charge >= 0.3 is 0 Å². The van der Waals surface area contributed by atoms with Crippen molar-refractivity contribution >= 4 is 11.4 Å². The van der Waals surface area contributed by atoms with Gasteiger partial charge in [-0.1, -0.05) is 0 Å². The number of nitrogen functional groups attached to an aromatic ring is 1. The van der Waals surface area contributed by atoms with Gasteiger partial charge in [0, 0.05) is 29.6 Å². The second kappa shape index (κ2) is 6.39. The summed E-state index contributed by atoms with van der Waals surface area (Å²) in [5, 5.41) is 2.99. The van der Waals surface area contributed by atoms with Gasteiger partial charge in [0.05, 0.1) is 6.61 Å². The van der Waals surface area contributed by atoms with Gasteiger partial charge in [0.1, 0.15) is 0 Å². The van der Waals surface area contributed by atoms with Gasteiger partial charge in [0.25, 0.3) is 6.43 Å². The van der Waals surface area contributed by atoms with Crippen LogP contribution in [-0.2, 0) is 4.74 Å². The summed E-state index contributed by atoms with van der Waals surface area (Å²) in [5.41, 5.74) is 6.16. The molecule has 0 aromatic heterocycles. The molecule has 1 rings (SSSR count). The van der Waals surface area contributed by atoms with E-state index in [4.69, 9.17) is 10.5 Å². The van der Waals surface area contributed by atoms with Crippen LogP contribution in [0, 0.1) is 0 Å². The second-order valence-corrected chi connectivity index (χ2v) is 3.85. The first-order chi connectivity index (χ1) is 8.04. The topological polar surface area (TPSA) is 47.3 Å². The van der Waals surface area contributed by atoms with Crippen molar-refractivity contribution in [2.45, 2.75) is 26.3 Å². The van der Waals surface area contributed by atoms with Crippen LogP contribution in [0.15, 0.2) is 18.2 Å². The van der Waals surface area contributed by atoms with Crippen LogP contribution in [0.25, 0.3) is 0 Å². The summed E-state index contributed by atoms with van der Waals surface area (Å²) in [5.74, 6) is 0. The zero-order valence-electron chi connectivity index (χ0n) is 10.0. The maximum absolute atomic E-state index is 12.8. The van der Waals surface area contributed by atoms with Crippen LogP contribution < -0.4 is 11.1 Å². The molecule has 1 aromatic rings. The lowest BCUT2D eigenvalue weighted by atomic mass is 10.1. The van der Waals surface area contributed by atoms with Crippen LogP contribution >= 0.6 is 0 Å². The molecule has 0 fully saturated rings. The molecule has 0 heterocycles. The second-order valence-electron chi connectivity index (χ2n) is 3.85. The molecule has 5 heteroatoms. The third-order valence-electron chi connectivity index (χ3n) is 2.28. The van der Waals surface area contributed by atoms with E-state index >= 15 is 0 Å². The van der Waals surface area contributed by atoms with Gasteiger partial charge < -0.3 is 15.8 Å². The van der Waals surface area contributed by atoms with Crippen molar-refractivity contribution in [2.24, 2.45) is 0 Å². The van der Waals surface area contributed by atoms with E-state index < -0.39 is 6.43 Å². The Bertz CT molecular complexity index is 358. The Morgan fingerprint density at radius 3 is 2.71 bits per heavy atom. The van der Waals surface area contributed by atoms with Crippen LogP contribution in [-0.4, -0.2) is 19.3 Å². The predicted octanol–water partition coefficient (Wildman–Crippen LogP) is 3.04. The molecule has 3 nitrogen and oxygen atoms in total. The van der Waals surface area contributed by atoms with Crippen molar-refractivity contribution < 1.29 is 13.5 Å². The van der Waals surface area contributed by atoms with Crippen molar-refractivity contribution in [2.75, 3.05) is 24.3 Å². The summed E-state index contributed by atoms with van der Waals surface area (Å²) in [6, 6.07) is 4.43. The summed E-state index contributed by atoms with van der Waals surface area (Å²) in [6.45, 7) is 4.85. The van der Waals surface area contributed by atoms with E-state index in [9.17, 15) is 8.78 Å². The zero-order valence-corrected chi connectivity index (χ0v) is 10.0. The van der Waals surface area contributed by atoms with E-state index in [0.29, 0.717) is 24.6 Å². The lowest BCUT2D eigenvalue weighted by Gasteiger charge is -2.18. The molecule has 0 radical (unpaired) electrons. The number of nitrogens with one attached hydrogen (secondary N) is 1. The van der Waals surface area contributed by atoms with Gasteiger partial charge in [0.15, 0.2) is 0 Å². The van der Waals surface area contributed by atoms with E-state index in [0.717, 1.165) is 0 Å². The minimum absolute atomic E-state index is 0.0314. The lowest BCUT2D eigenvalue weighted by molar-refractivity contribution is 0.140. The fourth-order valence-electron chi connectivity index (χ4n) is 1.49. The highest BCUT2D eigenvalue weighted by atomic mass is 19.3. The Labute approximate surface area is 100.0 Å². The number of hydrogen-bond donors (Lipinski definition) is 2. The summed E-state index contributed by atoms with van der Waals surface area (Å²) in [6.07, 6.45) is -2.54. The first kappa shape index (κ1) is 13.7. The highest BCUT2D eigenvalue weighted by Crippen LogP contribution is 2.29. The standard InChI is InChI=1S/C12H18F2N2O/c1-3-17-7-8(2)16-11-5-4-9(15)6-10(11)12(13)14/h4-6,8,12,16H,3,7,15H2,1-2H3. The zero-order chi connectivity index (χ0) is 12.8. The molecule has 0 aliphatic heterocycles. The molecule has 96 valence electrons. The van der Waals surface area contributed by atoms with E-state index in [2.05, 4.69) is 5.32 Å². The number of alkyl halides is 2. The minimum Gasteiger partial charge on any atom is -0.399 e. The fourth-order valence-corrected chi connectivity index (χ4v) is 1.49. The fraction of sp³-hybridized carbons (Fsp3) is 0.500. The molecule has 0 spiro atoms. The van der Waals surface area contributed by atoms with E-state index in [1.54, 1.807) is 12.1 Å². The molecule has 1 aromatic carbocycles. The van der Waals surface area contributed by atoms with Crippen LogP contribution in [0.1, 0.15) is 25.8 Å². The van der Waals surface area contributed by atoms with Gasteiger partial charge in [-0.2, -0.15) is 0 Å². The van der Waals surface area contributed by atoms with E-state index in [1.807, 2.05) is 13.8 Å². The highest BCUT2D eigenvalue weighted by molar-refractivity contribution is 5.59. The third-order valence-corrected chi connectivity index (χ3v) is 2.28. The van der Waals surface area contributed by atoms with E-state index in [-0.39, 0.29) is 11.6 Å². The molecule has 0 bridgehead atoms. The van der Waals surface area contributed by atoms with Gasteiger partial charge in [-0.25, -0.2) is 8.78 Å². The number of halogens is 2. The number of anilines is 2. The lowest BCUT2D eigenvalue weighted by Crippen LogP contribution is -2.22. The van der Waals surface area contributed by atoms with E-state index in [1.165, 1.54) is 6.07 Å². The summed E-state index contributed by atoms with van der Waals surface area (Å²) < 4.78 is 30.8. The van der Waals surface area contributed by atoms with Crippen molar-refractivity contribution in [1.29, 1.82) is 0 Å². The minimum atomic E-state index is -2.54. The number of nitrogens with two attached hydrogens (primary N) is 1. The van der Waals surface area contributed by atoms with Crippen molar-refractivity contribution in [3.05, 3.63) is 23.8 Å². The van der Waals surface area contributed by atoms with Gasteiger partial charge in [-0.15, -0.1) is 0 Å². The summed E-state index contributed by atoms with van der Waals surface area (Å²) in [7, 11) is 0. The molecule has 0 aliphatic rings. The normalized spacial score (nSPS) is 12.8. The first-order valence-corrected chi connectivity index (χ1v) is 5.56. The maximum atomic E-state index is 12.8. The molecule has 0 saturated carbocycles. The third kappa shape index (κ3) is 4.19. The monoisotopic (exact) mass is 244 g/mol. The average molecular weight is 244 g/mol. The molecule has 17 heavy (non-hydrogen) atoms. The average Bonchev–Trinajstić information content (AvgIpc) is 2.28. The van der Waals surface area contributed by atoms with Gasteiger partial charge in [-0.05, 0) is 32.0 Å². The maximum Gasteiger partial charge on any atom is 0.265 e. The Hall–Kier alpha value is -1.36. The van der Waals surface area contributed by atoms with Crippen molar-refractivity contribution in [1.82, 2.24) is 0 Å². The Morgan fingerprint density at radius 1 is 1.41 bits per heavy atom. The summed E-state index contributed by atoms with van der Waals surface area (Å²) >= 11 is 0. The quantitative estimate of drug-likeness (QED) is 0.756. The molecule has 0 aliphatic carbocycles. The molecule has 0 amide bonds. The van der Waals surface area contributed by atoms with Crippen LogP contribution in [0.5, 0.6) is 0 Å². The molecule has 1 unspecified atom stereocenters. The van der Waals surface area contributed by atoms with Crippen molar-refractivity contribution in [3.8, 4) is 0 Å². The van der Waals surface area contributed by atoms with Crippen LogP contribution in [0.4, 0.5) is 20.2 Å². The largest absolute Gasteiger partial charge is 0.399 e. The Balaban J connectivity index is 2.76. The first-order valence-electron chi connectivity index (χ1n) is 5.56. The van der Waals surface area contributed by atoms with Gasteiger partial charge in [0.2, 0.25) is 0 Å². The molecule has 3 N–H and O–H groups in total. The number of benzene rings is 1. The molecular weight excluding hydrogens is 226 g/mol. The number of ether oxygens (including phenoxy) is 1. The Morgan fingerprint density at radius 2 is 2.12 bits per heavy atom. The Kier molecular flexibility index (Phi) is 5.15. The van der Waals surface area contributed by atoms with Crippen LogP contribution in [0.3, 0.4) is 0 Å². The predicted molar refractivity (Wildman–Crippen MR) is 65.4 cm³/mol. The highest BCUT2D eigenvalue weighted by Gasteiger charge is 2.14. The molecular formula is C12H18F2N2O. The number of hydrogen-bond acceptors (Lipinski definition) is 3. The van der Waals surface area contributed by atoms with Crippen LogP contribution in [0.2, 0.25) is 0 Å². The smallest absolute Gasteiger partial charge is 0.265 e.